The molecule has 0 radical (unpaired) electrons. The summed E-state index contributed by atoms with van der Waals surface area (Å²) < 4.78 is 24.5. The Morgan fingerprint density at radius 1 is 1.10 bits per heavy atom. The fraction of sp³-hybridized carbons (Fsp3) is 0.600. The molecule has 114 valence electrons. The number of hydrogen-bond donors (Lipinski definition) is 1. The molecule has 20 heavy (non-hydrogen) atoms. The van der Waals surface area contributed by atoms with Crippen LogP contribution in [0.3, 0.4) is 0 Å². The van der Waals surface area contributed by atoms with Gasteiger partial charge in [0.25, 0.3) is 0 Å². The number of benzene rings is 1. The Labute approximate surface area is 120 Å². The standard InChI is InChI=1S/C15H25FN2O2/c1-3-19-10-8-18(9-11-20-4-2)12-13-14(16)6-5-7-15(13)17/h5-7H,3-4,8-12,17H2,1-2H3. The van der Waals surface area contributed by atoms with E-state index in [1.807, 2.05) is 13.8 Å². The molecule has 5 heteroatoms. The van der Waals surface area contributed by atoms with Gasteiger partial charge >= 0.3 is 0 Å². The van der Waals surface area contributed by atoms with Crippen LogP contribution >= 0.6 is 0 Å². The van der Waals surface area contributed by atoms with Crippen LogP contribution in [0.15, 0.2) is 18.2 Å². The Bertz CT molecular complexity index is 358. The summed E-state index contributed by atoms with van der Waals surface area (Å²) in [6.07, 6.45) is 0. The molecular formula is C15H25FN2O2. The van der Waals surface area contributed by atoms with Gasteiger partial charge in [-0.05, 0) is 26.0 Å². The third kappa shape index (κ3) is 5.86. The summed E-state index contributed by atoms with van der Waals surface area (Å²) >= 11 is 0. The first-order valence-electron chi connectivity index (χ1n) is 7.09. The number of hydrogen-bond acceptors (Lipinski definition) is 4. The lowest BCUT2D eigenvalue weighted by Crippen LogP contribution is -2.31. The van der Waals surface area contributed by atoms with Crippen LogP contribution < -0.4 is 5.73 Å². The van der Waals surface area contributed by atoms with E-state index in [9.17, 15) is 4.39 Å². The van der Waals surface area contributed by atoms with Crippen LogP contribution in [0.4, 0.5) is 10.1 Å². The highest BCUT2D eigenvalue weighted by Gasteiger charge is 2.12. The van der Waals surface area contributed by atoms with Gasteiger partial charge in [-0.15, -0.1) is 0 Å². The number of nitrogens with zero attached hydrogens (tertiary/aromatic N) is 1. The number of anilines is 1. The smallest absolute Gasteiger partial charge is 0.129 e. The Morgan fingerprint density at radius 2 is 1.70 bits per heavy atom. The molecule has 0 aliphatic carbocycles. The van der Waals surface area contributed by atoms with Crippen molar-refractivity contribution in [2.75, 3.05) is 45.3 Å². The van der Waals surface area contributed by atoms with E-state index in [0.717, 1.165) is 13.1 Å². The molecule has 0 aliphatic heterocycles. The number of ether oxygens (including phenoxy) is 2. The predicted octanol–water partition coefficient (Wildman–Crippen LogP) is 2.28. The van der Waals surface area contributed by atoms with Crippen molar-refractivity contribution < 1.29 is 13.9 Å². The van der Waals surface area contributed by atoms with E-state index in [-0.39, 0.29) is 5.82 Å². The van der Waals surface area contributed by atoms with Crippen molar-refractivity contribution >= 4 is 5.69 Å². The molecule has 1 aromatic rings. The lowest BCUT2D eigenvalue weighted by molar-refractivity contribution is 0.0794. The van der Waals surface area contributed by atoms with Crippen molar-refractivity contribution in [3.63, 3.8) is 0 Å². The molecule has 0 aliphatic rings. The van der Waals surface area contributed by atoms with Gasteiger partial charge < -0.3 is 15.2 Å². The predicted molar refractivity (Wildman–Crippen MR) is 79.1 cm³/mol. The van der Waals surface area contributed by atoms with Gasteiger partial charge in [0.2, 0.25) is 0 Å². The zero-order valence-electron chi connectivity index (χ0n) is 12.4. The monoisotopic (exact) mass is 284 g/mol. The number of nitrogens with two attached hydrogens (primary N) is 1. The van der Waals surface area contributed by atoms with Crippen molar-refractivity contribution in [2.45, 2.75) is 20.4 Å². The van der Waals surface area contributed by atoms with Crippen molar-refractivity contribution in [3.05, 3.63) is 29.6 Å². The summed E-state index contributed by atoms with van der Waals surface area (Å²) in [5.74, 6) is -0.261. The van der Waals surface area contributed by atoms with Crippen LogP contribution in [-0.2, 0) is 16.0 Å². The van der Waals surface area contributed by atoms with Gasteiger partial charge in [-0.1, -0.05) is 6.07 Å². The Kier molecular flexibility index (Phi) is 8.18. The van der Waals surface area contributed by atoms with Gasteiger partial charge in [-0.2, -0.15) is 0 Å². The van der Waals surface area contributed by atoms with Gasteiger partial charge in [-0.3, -0.25) is 4.90 Å². The van der Waals surface area contributed by atoms with Gasteiger partial charge in [0.1, 0.15) is 5.82 Å². The van der Waals surface area contributed by atoms with Gasteiger partial charge in [0.05, 0.1) is 13.2 Å². The van der Waals surface area contributed by atoms with Crippen LogP contribution in [0.1, 0.15) is 19.4 Å². The summed E-state index contributed by atoms with van der Waals surface area (Å²) in [7, 11) is 0. The first-order valence-corrected chi connectivity index (χ1v) is 7.09. The lowest BCUT2D eigenvalue weighted by Gasteiger charge is -2.23. The van der Waals surface area contributed by atoms with E-state index in [1.165, 1.54) is 6.07 Å². The zero-order valence-corrected chi connectivity index (χ0v) is 12.4. The average molecular weight is 284 g/mol. The first-order chi connectivity index (χ1) is 9.69. The SMILES string of the molecule is CCOCCN(CCOCC)Cc1c(N)cccc1F. The minimum atomic E-state index is -0.261. The third-order valence-corrected chi connectivity index (χ3v) is 3.05. The maximum Gasteiger partial charge on any atom is 0.129 e. The Balaban J connectivity index is 2.61. The van der Waals surface area contributed by atoms with Crippen molar-refractivity contribution in [3.8, 4) is 0 Å². The molecule has 2 N–H and O–H groups in total. The van der Waals surface area contributed by atoms with E-state index in [1.54, 1.807) is 12.1 Å². The molecule has 0 atom stereocenters. The van der Waals surface area contributed by atoms with Crippen molar-refractivity contribution in [1.29, 1.82) is 0 Å². The topological polar surface area (TPSA) is 47.7 Å². The molecule has 0 fully saturated rings. The second kappa shape index (κ2) is 9.69. The molecule has 0 unspecified atom stereocenters. The highest BCUT2D eigenvalue weighted by atomic mass is 19.1. The summed E-state index contributed by atoms with van der Waals surface area (Å²) in [5.41, 5.74) is 6.88. The summed E-state index contributed by atoms with van der Waals surface area (Å²) in [6, 6.07) is 4.79. The van der Waals surface area contributed by atoms with Crippen molar-refractivity contribution in [2.24, 2.45) is 0 Å². The Morgan fingerprint density at radius 3 is 2.20 bits per heavy atom. The van der Waals surface area contributed by atoms with Gasteiger partial charge in [0.15, 0.2) is 0 Å². The summed E-state index contributed by atoms with van der Waals surface area (Å²) in [5, 5.41) is 0. The number of halogens is 1. The lowest BCUT2D eigenvalue weighted by atomic mass is 10.1. The molecule has 0 spiro atoms. The maximum atomic E-state index is 13.8. The maximum absolute atomic E-state index is 13.8. The Hall–Kier alpha value is -1.17. The number of nitrogen functional groups attached to an aromatic ring is 1. The molecule has 0 heterocycles. The van der Waals surface area contributed by atoms with E-state index < -0.39 is 0 Å². The second-order valence-electron chi connectivity index (χ2n) is 4.48. The van der Waals surface area contributed by atoms with Crippen LogP contribution in [0.2, 0.25) is 0 Å². The largest absolute Gasteiger partial charge is 0.398 e. The van der Waals surface area contributed by atoms with E-state index in [2.05, 4.69) is 4.90 Å². The van der Waals surface area contributed by atoms with Crippen LogP contribution in [0.5, 0.6) is 0 Å². The molecule has 1 aromatic carbocycles. The molecule has 0 bridgehead atoms. The normalized spacial score (nSPS) is 11.2. The molecule has 0 amide bonds. The highest BCUT2D eigenvalue weighted by molar-refractivity contribution is 5.47. The minimum Gasteiger partial charge on any atom is -0.398 e. The van der Waals surface area contributed by atoms with E-state index >= 15 is 0 Å². The van der Waals surface area contributed by atoms with E-state index in [0.29, 0.717) is 44.2 Å². The molecule has 0 saturated carbocycles. The molecule has 0 aromatic heterocycles. The summed E-state index contributed by atoms with van der Waals surface area (Å²) in [6.45, 7) is 8.46. The number of rotatable bonds is 10. The fourth-order valence-corrected chi connectivity index (χ4v) is 1.91. The van der Waals surface area contributed by atoms with Crippen LogP contribution in [0, 0.1) is 5.82 Å². The first kappa shape index (κ1) is 16.9. The average Bonchev–Trinajstić information content (AvgIpc) is 2.43. The van der Waals surface area contributed by atoms with Crippen molar-refractivity contribution in [1.82, 2.24) is 4.90 Å². The third-order valence-electron chi connectivity index (χ3n) is 3.05. The van der Waals surface area contributed by atoms with E-state index in [4.69, 9.17) is 15.2 Å². The van der Waals surface area contributed by atoms with Gasteiger partial charge in [-0.25, -0.2) is 4.39 Å². The second-order valence-corrected chi connectivity index (χ2v) is 4.48. The molecular weight excluding hydrogens is 259 g/mol. The minimum absolute atomic E-state index is 0.261. The molecule has 1 rings (SSSR count). The quantitative estimate of drug-likeness (QED) is 0.529. The summed E-state index contributed by atoms with van der Waals surface area (Å²) in [4.78, 5) is 2.10. The zero-order chi connectivity index (χ0) is 14.8. The van der Waals surface area contributed by atoms with Crippen LogP contribution in [0.25, 0.3) is 0 Å². The van der Waals surface area contributed by atoms with Gasteiger partial charge in [0, 0.05) is 44.1 Å². The molecule has 4 nitrogen and oxygen atoms in total. The molecule has 0 saturated heterocycles. The fourth-order valence-electron chi connectivity index (χ4n) is 1.91. The van der Waals surface area contributed by atoms with Crippen LogP contribution in [-0.4, -0.2) is 44.4 Å². The highest BCUT2D eigenvalue weighted by Crippen LogP contribution is 2.17.